The Morgan fingerprint density at radius 3 is 2.52 bits per heavy atom. The number of aryl methyl sites for hydroxylation is 1. The van der Waals surface area contributed by atoms with Gasteiger partial charge in [0.25, 0.3) is 5.56 Å². The molecule has 0 saturated heterocycles. The van der Waals surface area contributed by atoms with Crippen molar-refractivity contribution in [2.45, 2.75) is 6.92 Å². The van der Waals surface area contributed by atoms with E-state index < -0.39 is 17.2 Å². The van der Waals surface area contributed by atoms with Crippen molar-refractivity contribution in [3.8, 4) is 11.8 Å². The molecule has 0 aliphatic heterocycles. The van der Waals surface area contributed by atoms with Crippen LogP contribution in [-0.2, 0) is 0 Å². The van der Waals surface area contributed by atoms with E-state index in [1.54, 1.807) is 37.3 Å². The predicted molar refractivity (Wildman–Crippen MR) is 114 cm³/mol. The van der Waals surface area contributed by atoms with Crippen LogP contribution in [0.3, 0.4) is 0 Å². The maximum Gasteiger partial charge on any atom is 0.357 e. The summed E-state index contributed by atoms with van der Waals surface area (Å²) in [5, 5.41) is 23.6. The third-order valence-corrected chi connectivity index (χ3v) is 5.09. The smallest absolute Gasteiger partial charge is 0.357 e. The van der Waals surface area contributed by atoms with Gasteiger partial charge in [-0.15, -0.1) is 0 Å². The Morgan fingerprint density at radius 1 is 1.24 bits per heavy atom. The Morgan fingerprint density at radius 2 is 1.93 bits per heavy atom. The predicted octanol–water partition coefficient (Wildman–Crippen LogP) is 4.70. The van der Waals surface area contributed by atoms with Gasteiger partial charge in [0.1, 0.15) is 11.6 Å². The minimum Gasteiger partial charge on any atom is -0.476 e. The lowest BCUT2D eigenvalue weighted by Gasteiger charge is -2.10. The summed E-state index contributed by atoms with van der Waals surface area (Å²) in [4.78, 5) is 24.7. The summed E-state index contributed by atoms with van der Waals surface area (Å²) in [5.74, 6) is -1.36. The maximum absolute atomic E-state index is 12.9. The second-order valence-electron chi connectivity index (χ2n) is 6.09. The normalized spacial score (nSPS) is 10.8. The lowest BCUT2D eigenvalue weighted by Crippen LogP contribution is -2.28. The van der Waals surface area contributed by atoms with Gasteiger partial charge in [-0.2, -0.15) is 15.0 Å². The van der Waals surface area contributed by atoms with Crippen LogP contribution < -0.4 is 5.56 Å². The summed E-state index contributed by atoms with van der Waals surface area (Å²) in [6, 6.07) is 13.8. The number of carboxylic acids is 1. The Labute approximate surface area is 179 Å². The van der Waals surface area contributed by atoms with Gasteiger partial charge in [0.05, 0.1) is 5.69 Å². The van der Waals surface area contributed by atoms with E-state index in [0.29, 0.717) is 5.02 Å². The molecule has 0 saturated carbocycles. The van der Waals surface area contributed by atoms with Crippen molar-refractivity contribution < 1.29 is 9.90 Å². The summed E-state index contributed by atoms with van der Waals surface area (Å²) in [6.45, 7) is 1.79. The first-order valence-electron chi connectivity index (χ1n) is 8.32. The quantitative estimate of drug-likeness (QED) is 0.596. The number of carbonyl (C=O) groups is 1. The molecule has 3 rings (SSSR count). The van der Waals surface area contributed by atoms with Crippen molar-refractivity contribution in [3.05, 3.63) is 90.3 Å². The van der Waals surface area contributed by atoms with Crippen LogP contribution in [0.15, 0.2) is 51.7 Å². The van der Waals surface area contributed by atoms with Gasteiger partial charge in [0.2, 0.25) is 0 Å². The molecular formula is C21H13BrClN3O3. The van der Waals surface area contributed by atoms with Crippen molar-refractivity contribution in [2.24, 2.45) is 0 Å². The molecule has 0 aliphatic rings. The number of benzene rings is 2. The first-order chi connectivity index (χ1) is 13.8. The zero-order valence-electron chi connectivity index (χ0n) is 15.1. The molecule has 0 bridgehead atoms. The SMILES string of the molecule is Cc1ccc(-n2nc(C(=O)O)c(/C=C\c3ccc(Br)cc3)c(C#N)c2=O)cc1Cl. The Kier molecular flexibility index (Phi) is 5.97. The zero-order valence-corrected chi connectivity index (χ0v) is 17.4. The fourth-order valence-electron chi connectivity index (χ4n) is 2.61. The molecule has 6 nitrogen and oxygen atoms in total. The van der Waals surface area contributed by atoms with Gasteiger partial charge in [-0.3, -0.25) is 4.79 Å². The zero-order chi connectivity index (χ0) is 21.1. The third-order valence-electron chi connectivity index (χ3n) is 4.16. The molecule has 29 heavy (non-hydrogen) atoms. The fraction of sp³-hybridized carbons (Fsp3) is 0.0476. The number of aromatic nitrogens is 2. The molecule has 0 amide bonds. The fourth-order valence-corrected chi connectivity index (χ4v) is 3.05. The van der Waals surface area contributed by atoms with Crippen LogP contribution in [0.2, 0.25) is 5.02 Å². The van der Waals surface area contributed by atoms with Crippen LogP contribution in [-0.4, -0.2) is 20.9 Å². The van der Waals surface area contributed by atoms with E-state index in [1.165, 1.54) is 12.1 Å². The molecule has 1 aromatic heterocycles. The molecule has 0 unspecified atom stereocenters. The van der Waals surface area contributed by atoms with Crippen molar-refractivity contribution in [2.75, 3.05) is 0 Å². The number of nitriles is 1. The molecule has 144 valence electrons. The van der Waals surface area contributed by atoms with Crippen LogP contribution >= 0.6 is 27.5 Å². The Hall–Kier alpha value is -3.21. The molecule has 0 atom stereocenters. The van der Waals surface area contributed by atoms with Gasteiger partial charge in [-0.05, 0) is 42.3 Å². The van der Waals surface area contributed by atoms with Crippen molar-refractivity contribution in [3.63, 3.8) is 0 Å². The van der Waals surface area contributed by atoms with Crippen LogP contribution in [0, 0.1) is 18.3 Å². The van der Waals surface area contributed by atoms with Gasteiger partial charge in [0, 0.05) is 15.1 Å². The maximum atomic E-state index is 12.9. The van der Waals surface area contributed by atoms with Crippen LogP contribution in [0.5, 0.6) is 0 Å². The minimum atomic E-state index is -1.36. The van der Waals surface area contributed by atoms with Gasteiger partial charge in [-0.1, -0.05) is 57.9 Å². The highest BCUT2D eigenvalue weighted by atomic mass is 79.9. The molecule has 3 aromatic rings. The summed E-state index contributed by atoms with van der Waals surface area (Å²) >= 11 is 9.45. The van der Waals surface area contributed by atoms with E-state index in [-0.39, 0.29) is 16.8 Å². The second-order valence-corrected chi connectivity index (χ2v) is 7.41. The summed E-state index contributed by atoms with van der Waals surface area (Å²) in [6.07, 6.45) is 3.02. The number of aromatic carboxylic acids is 1. The van der Waals surface area contributed by atoms with Crippen LogP contribution in [0.1, 0.15) is 32.7 Å². The first kappa shape index (κ1) is 20.5. The highest BCUT2D eigenvalue weighted by molar-refractivity contribution is 9.10. The lowest BCUT2D eigenvalue weighted by molar-refractivity contribution is 0.0688. The largest absolute Gasteiger partial charge is 0.476 e. The Balaban J connectivity index is 2.21. The van der Waals surface area contributed by atoms with E-state index in [1.807, 2.05) is 18.2 Å². The highest BCUT2D eigenvalue weighted by Crippen LogP contribution is 2.20. The average Bonchev–Trinajstić information content (AvgIpc) is 2.69. The number of hydrogen-bond donors (Lipinski definition) is 1. The average molecular weight is 471 g/mol. The summed E-state index contributed by atoms with van der Waals surface area (Å²) in [5.41, 5.74) is 0.316. The standard InChI is InChI=1S/C21H13BrClN3O3/c1-12-2-8-15(10-18(12)23)26-20(27)17(11-24)16(19(25-26)21(28)29)9-5-13-3-6-14(22)7-4-13/h2-10H,1H3,(H,28,29)/b9-5-. The van der Waals surface area contributed by atoms with E-state index in [2.05, 4.69) is 21.0 Å². The van der Waals surface area contributed by atoms with E-state index in [0.717, 1.165) is 20.3 Å². The lowest BCUT2D eigenvalue weighted by atomic mass is 10.1. The van der Waals surface area contributed by atoms with Crippen molar-refractivity contribution in [1.29, 1.82) is 5.26 Å². The van der Waals surface area contributed by atoms with E-state index in [4.69, 9.17) is 11.6 Å². The number of halogens is 2. The monoisotopic (exact) mass is 469 g/mol. The van der Waals surface area contributed by atoms with Gasteiger partial charge >= 0.3 is 5.97 Å². The van der Waals surface area contributed by atoms with E-state index >= 15 is 0 Å². The molecule has 0 aliphatic carbocycles. The van der Waals surface area contributed by atoms with Gasteiger partial charge in [-0.25, -0.2) is 4.79 Å². The van der Waals surface area contributed by atoms with E-state index in [9.17, 15) is 20.0 Å². The van der Waals surface area contributed by atoms with Crippen molar-refractivity contribution >= 4 is 45.7 Å². The minimum absolute atomic E-state index is 0.0534. The number of nitrogens with zero attached hydrogens (tertiary/aromatic N) is 3. The van der Waals surface area contributed by atoms with Gasteiger partial charge in [0.15, 0.2) is 5.69 Å². The molecular weight excluding hydrogens is 458 g/mol. The first-order valence-corrected chi connectivity index (χ1v) is 9.50. The molecule has 0 fully saturated rings. The number of rotatable bonds is 4. The summed E-state index contributed by atoms with van der Waals surface area (Å²) in [7, 11) is 0. The Bertz CT molecular complexity index is 1240. The molecule has 8 heteroatoms. The molecule has 1 heterocycles. The second kappa shape index (κ2) is 8.43. The highest BCUT2D eigenvalue weighted by Gasteiger charge is 2.21. The van der Waals surface area contributed by atoms with Crippen LogP contribution in [0.25, 0.3) is 17.8 Å². The van der Waals surface area contributed by atoms with Crippen molar-refractivity contribution in [1.82, 2.24) is 9.78 Å². The van der Waals surface area contributed by atoms with Gasteiger partial charge < -0.3 is 5.11 Å². The molecule has 0 spiro atoms. The van der Waals surface area contributed by atoms with Crippen LogP contribution in [0.4, 0.5) is 0 Å². The molecule has 1 N–H and O–H groups in total. The topological polar surface area (TPSA) is 96.0 Å². The summed E-state index contributed by atoms with van der Waals surface area (Å²) < 4.78 is 1.77. The molecule has 2 aromatic carbocycles. The number of carboxylic acid groups (broad SMARTS) is 1. The number of hydrogen-bond acceptors (Lipinski definition) is 4. The molecule has 0 radical (unpaired) electrons. The third kappa shape index (κ3) is 4.29.